The van der Waals surface area contributed by atoms with Crippen LogP contribution in [0.4, 0.5) is 0 Å². The van der Waals surface area contributed by atoms with Crippen LogP contribution in [0.1, 0.15) is 11.4 Å². The molecule has 3 aromatic carbocycles. The molecule has 0 aliphatic heterocycles. The van der Waals surface area contributed by atoms with Gasteiger partial charge in [0.1, 0.15) is 36.4 Å². The topological polar surface area (TPSA) is 144 Å². The lowest BCUT2D eigenvalue weighted by molar-refractivity contribution is 0.290. The lowest BCUT2D eigenvalue weighted by Crippen LogP contribution is -2.11. The molecule has 14 nitrogen and oxygen atoms in total. The highest BCUT2D eigenvalue weighted by Gasteiger charge is 2.11. The number of rotatable bonds is 14. The molecule has 4 heterocycles. The van der Waals surface area contributed by atoms with E-state index in [4.69, 9.17) is 19.4 Å². The van der Waals surface area contributed by atoms with Crippen molar-refractivity contribution in [1.29, 1.82) is 0 Å². The molecule has 0 fully saturated rings. The van der Waals surface area contributed by atoms with Gasteiger partial charge in [-0.1, -0.05) is 34.7 Å². The van der Waals surface area contributed by atoms with Crippen molar-refractivity contribution in [1.82, 2.24) is 59.7 Å². The van der Waals surface area contributed by atoms with E-state index in [0.717, 1.165) is 80.8 Å². The predicted molar refractivity (Wildman–Crippen MR) is 182 cm³/mol. The number of aromatic nitrogens is 10. The van der Waals surface area contributed by atoms with Crippen LogP contribution in [0, 0.1) is 0 Å². The highest BCUT2D eigenvalue weighted by molar-refractivity contribution is 5.82. The predicted octanol–water partition coefficient (Wildman–Crippen LogP) is 4.24. The van der Waals surface area contributed by atoms with E-state index in [0.29, 0.717) is 26.3 Å². The number of hydrogen-bond donors (Lipinski definition) is 2. The van der Waals surface area contributed by atoms with Gasteiger partial charge in [0.25, 0.3) is 0 Å². The minimum atomic E-state index is 0.483. The van der Waals surface area contributed by atoms with Gasteiger partial charge in [-0.25, -0.2) is 19.3 Å². The highest BCUT2D eigenvalue weighted by atomic mass is 16.5. The Morgan fingerprint density at radius 1 is 0.604 bits per heavy atom. The third-order valence-electron chi connectivity index (χ3n) is 7.65. The Labute approximate surface area is 277 Å². The smallest absolute Gasteiger partial charge is 0.138 e. The van der Waals surface area contributed by atoms with Crippen molar-refractivity contribution in [3.8, 4) is 34.3 Å². The Balaban J connectivity index is 0.957. The first-order chi connectivity index (χ1) is 23.3. The van der Waals surface area contributed by atoms with Gasteiger partial charge in [-0.05, 0) is 52.5 Å². The molecule has 0 saturated carbocycles. The summed E-state index contributed by atoms with van der Waals surface area (Å²) in [5.41, 5.74) is 7.38. The van der Waals surface area contributed by atoms with Crippen molar-refractivity contribution in [3.05, 3.63) is 84.4 Å². The minimum Gasteiger partial charge on any atom is -0.492 e. The van der Waals surface area contributed by atoms with E-state index in [1.165, 1.54) is 0 Å². The van der Waals surface area contributed by atoms with E-state index >= 15 is 0 Å². The monoisotopic (exact) mass is 646 g/mol. The van der Waals surface area contributed by atoms with Gasteiger partial charge in [0, 0.05) is 48.7 Å². The lowest BCUT2D eigenvalue weighted by atomic mass is 10.1. The molecule has 0 bridgehead atoms. The normalized spacial score (nSPS) is 11.8. The van der Waals surface area contributed by atoms with Crippen LogP contribution in [0.15, 0.2) is 73.1 Å². The van der Waals surface area contributed by atoms with Crippen LogP contribution in [-0.4, -0.2) is 101 Å². The number of imidazole rings is 2. The molecule has 0 radical (unpaired) electrons. The molecule has 0 saturated heterocycles. The van der Waals surface area contributed by atoms with Gasteiger partial charge < -0.3 is 29.2 Å². The summed E-state index contributed by atoms with van der Waals surface area (Å²) in [4.78, 5) is 20.6. The quantitative estimate of drug-likeness (QED) is 0.176. The average Bonchev–Trinajstić information content (AvgIpc) is 3.87. The first kappa shape index (κ1) is 31.0. The summed E-state index contributed by atoms with van der Waals surface area (Å²) >= 11 is 0. The van der Waals surface area contributed by atoms with Gasteiger partial charge >= 0.3 is 0 Å². The largest absolute Gasteiger partial charge is 0.492 e. The first-order valence-electron chi connectivity index (χ1n) is 15.8. The fraction of sp³-hybridized carbons (Fsp3) is 0.294. The van der Waals surface area contributed by atoms with E-state index < -0.39 is 0 Å². The van der Waals surface area contributed by atoms with E-state index in [9.17, 15) is 0 Å². The summed E-state index contributed by atoms with van der Waals surface area (Å²) in [6.45, 7) is 3.70. The van der Waals surface area contributed by atoms with Gasteiger partial charge in [0.15, 0.2) is 0 Å². The third kappa shape index (κ3) is 7.35. The third-order valence-corrected chi connectivity index (χ3v) is 7.65. The van der Waals surface area contributed by atoms with Crippen molar-refractivity contribution < 1.29 is 9.47 Å². The summed E-state index contributed by atoms with van der Waals surface area (Å²) in [6, 6.07) is 19.9. The SMILES string of the molecule is CN(C)Cc1cn(CCOc2ccc3nc(-c4ccc(-c5nc6ccc(OCCn7cc(CN(C)C)nn7)cc6[nH]5)cc4)[nH]c3c2)nn1. The maximum Gasteiger partial charge on any atom is 0.138 e. The lowest BCUT2D eigenvalue weighted by Gasteiger charge is -2.06. The molecule has 7 rings (SSSR count). The summed E-state index contributed by atoms with van der Waals surface area (Å²) < 4.78 is 15.6. The molecule has 7 aromatic rings. The van der Waals surface area contributed by atoms with Crippen molar-refractivity contribution in [3.63, 3.8) is 0 Å². The van der Waals surface area contributed by atoms with Crippen LogP contribution >= 0.6 is 0 Å². The molecular weight excluding hydrogens is 608 g/mol. The summed E-state index contributed by atoms with van der Waals surface area (Å²) in [6.07, 6.45) is 3.90. The number of fused-ring (bicyclic) bond motifs is 2. The fourth-order valence-electron chi connectivity index (χ4n) is 5.42. The molecule has 0 unspecified atom stereocenters. The van der Waals surface area contributed by atoms with E-state index in [2.05, 4.69) is 40.4 Å². The standard InChI is InChI=1S/C34H38N12O2/c1-43(2)19-25-21-45(41-39-25)13-15-47-27-9-11-29-31(17-27)37-33(35-29)23-5-7-24(8-6-23)34-36-30-12-10-28(18-32(30)38-34)48-16-14-46-22-26(40-42-46)20-44(3)4/h5-12,17-18,21-22H,13-16,19-20H2,1-4H3,(H,35,37)(H,36,38). The van der Waals surface area contributed by atoms with E-state index in [-0.39, 0.29) is 0 Å². The van der Waals surface area contributed by atoms with Crippen molar-refractivity contribution in [2.45, 2.75) is 26.2 Å². The number of nitrogens with one attached hydrogen (secondary N) is 2. The number of ether oxygens (including phenoxy) is 2. The second-order valence-corrected chi connectivity index (χ2v) is 12.2. The first-order valence-corrected chi connectivity index (χ1v) is 15.8. The Kier molecular flexibility index (Phi) is 8.81. The molecule has 0 atom stereocenters. The molecule has 2 N–H and O–H groups in total. The van der Waals surface area contributed by atoms with Gasteiger partial charge in [0.05, 0.1) is 46.5 Å². The van der Waals surface area contributed by atoms with Crippen molar-refractivity contribution in [2.75, 3.05) is 41.4 Å². The molecule has 0 spiro atoms. The fourth-order valence-corrected chi connectivity index (χ4v) is 5.42. The molecule has 0 amide bonds. The van der Waals surface area contributed by atoms with Gasteiger partial charge in [-0.2, -0.15) is 0 Å². The Bertz CT molecular complexity index is 1970. The molecule has 246 valence electrons. The zero-order valence-electron chi connectivity index (χ0n) is 27.5. The number of benzene rings is 3. The average molecular weight is 647 g/mol. The highest BCUT2D eigenvalue weighted by Crippen LogP contribution is 2.28. The summed E-state index contributed by atoms with van der Waals surface area (Å²) in [5.74, 6) is 3.11. The maximum absolute atomic E-state index is 6.00. The van der Waals surface area contributed by atoms with Crippen LogP contribution in [0.25, 0.3) is 44.8 Å². The van der Waals surface area contributed by atoms with Gasteiger partial charge in [-0.15, -0.1) is 10.2 Å². The molecule has 14 heteroatoms. The van der Waals surface area contributed by atoms with Crippen LogP contribution in [-0.2, 0) is 26.2 Å². The summed E-state index contributed by atoms with van der Waals surface area (Å²) in [7, 11) is 8.03. The molecule has 4 aromatic heterocycles. The molecule has 0 aliphatic carbocycles. The second kappa shape index (κ2) is 13.6. The zero-order valence-corrected chi connectivity index (χ0v) is 27.5. The van der Waals surface area contributed by atoms with Crippen molar-refractivity contribution in [2.24, 2.45) is 0 Å². The van der Waals surface area contributed by atoms with E-state index in [1.807, 2.05) is 101 Å². The van der Waals surface area contributed by atoms with Gasteiger partial charge in [0.2, 0.25) is 0 Å². The van der Waals surface area contributed by atoms with Crippen LogP contribution in [0.3, 0.4) is 0 Å². The van der Waals surface area contributed by atoms with Crippen LogP contribution in [0.5, 0.6) is 11.5 Å². The van der Waals surface area contributed by atoms with Crippen LogP contribution < -0.4 is 9.47 Å². The molecule has 0 aliphatic rings. The maximum atomic E-state index is 6.00. The Morgan fingerprint density at radius 2 is 1.04 bits per heavy atom. The second-order valence-electron chi connectivity index (χ2n) is 12.2. The Morgan fingerprint density at radius 3 is 1.46 bits per heavy atom. The van der Waals surface area contributed by atoms with Crippen molar-refractivity contribution >= 4 is 22.1 Å². The number of H-pyrrole nitrogens is 2. The minimum absolute atomic E-state index is 0.483. The zero-order chi connectivity index (χ0) is 33.0. The number of nitrogens with zero attached hydrogens (tertiary/aromatic N) is 10. The Hall–Kier alpha value is -5.60. The molecule has 48 heavy (non-hydrogen) atoms. The molecular formula is C34H38N12O2. The number of hydrogen-bond acceptors (Lipinski definition) is 10. The van der Waals surface area contributed by atoms with E-state index in [1.54, 1.807) is 9.36 Å². The number of aromatic amines is 2. The summed E-state index contributed by atoms with van der Waals surface area (Å²) in [5, 5.41) is 16.8. The van der Waals surface area contributed by atoms with Crippen LogP contribution in [0.2, 0.25) is 0 Å². The van der Waals surface area contributed by atoms with Gasteiger partial charge in [-0.3, -0.25) is 0 Å².